The summed E-state index contributed by atoms with van der Waals surface area (Å²) in [6.45, 7) is 0. The van der Waals surface area contributed by atoms with Crippen molar-refractivity contribution in [3.8, 4) is 0 Å². The van der Waals surface area contributed by atoms with Crippen LogP contribution in [0.4, 0.5) is 49.6 Å². The summed E-state index contributed by atoms with van der Waals surface area (Å²) in [7, 11) is 0. The van der Waals surface area contributed by atoms with Crippen molar-refractivity contribution < 1.29 is 48.7 Å². The van der Waals surface area contributed by atoms with E-state index in [0.717, 1.165) is 11.4 Å². The minimum absolute atomic E-state index is 0.0405. The second kappa shape index (κ2) is 6.08. The standard InChI is InChI=1S/C11H4BrF10NO/c12-4-1-2-6(5(13)3-4)23-7(24)8(14,15)9(16,17)10(18,19)11(20,21)22/h1-3H,(H,23,24). The first-order chi connectivity index (χ1) is 10.6. The average molecular weight is 436 g/mol. The van der Waals surface area contributed by atoms with Gasteiger partial charge < -0.3 is 5.32 Å². The van der Waals surface area contributed by atoms with Crippen LogP contribution >= 0.6 is 15.9 Å². The molecule has 0 aliphatic rings. The molecule has 0 unspecified atom stereocenters. The SMILES string of the molecule is O=C(Nc1ccc(Br)cc1F)C(F)(F)C(F)(F)C(F)(F)C(F)(F)F. The number of halogens is 11. The molecule has 0 aliphatic heterocycles. The molecule has 1 aromatic rings. The van der Waals surface area contributed by atoms with Gasteiger partial charge in [0, 0.05) is 4.47 Å². The Morgan fingerprint density at radius 1 is 0.917 bits per heavy atom. The fraction of sp³-hybridized carbons (Fsp3) is 0.364. The summed E-state index contributed by atoms with van der Waals surface area (Å²) < 4.78 is 127. The van der Waals surface area contributed by atoms with Gasteiger partial charge in [-0.2, -0.15) is 39.5 Å². The second-order valence-electron chi connectivity index (χ2n) is 4.30. The lowest BCUT2D eigenvalue weighted by molar-refractivity contribution is -0.388. The highest BCUT2D eigenvalue weighted by atomic mass is 79.9. The van der Waals surface area contributed by atoms with E-state index in [1.54, 1.807) is 0 Å². The van der Waals surface area contributed by atoms with E-state index < -0.39 is 41.4 Å². The quantitative estimate of drug-likeness (QED) is 0.663. The van der Waals surface area contributed by atoms with E-state index in [4.69, 9.17) is 0 Å². The molecule has 0 bridgehead atoms. The lowest BCUT2D eigenvalue weighted by Crippen LogP contribution is -2.64. The van der Waals surface area contributed by atoms with E-state index in [1.165, 1.54) is 0 Å². The van der Waals surface area contributed by atoms with Crippen LogP contribution in [0.5, 0.6) is 0 Å². The molecule has 0 atom stereocenters. The monoisotopic (exact) mass is 435 g/mol. The van der Waals surface area contributed by atoms with Crippen LogP contribution in [0, 0.1) is 5.82 Å². The number of anilines is 1. The first-order valence-corrected chi connectivity index (χ1v) is 6.31. The Hall–Kier alpha value is -1.53. The Morgan fingerprint density at radius 3 is 1.83 bits per heavy atom. The van der Waals surface area contributed by atoms with Crippen LogP contribution in [0.1, 0.15) is 0 Å². The van der Waals surface area contributed by atoms with Crippen LogP contribution in [-0.4, -0.2) is 29.9 Å². The van der Waals surface area contributed by atoms with Gasteiger partial charge in [0.15, 0.2) is 0 Å². The van der Waals surface area contributed by atoms with Gasteiger partial charge in [0.1, 0.15) is 5.82 Å². The average Bonchev–Trinajstić information content (AvgIpc) is 2.40. The fourth-order valence-corrected chi connectivity index (χ4v) is 1.64. The van der Waals surface area contributed by atoms with E-state index >= 15 is 0 Å². The molecule has 1 amide bonds. The van der Waals surface area contributed by atoms with Crippen LogP contribution < -0.4 is 5.32 Å². The summed E-state index contributed by atoms with van der Waals surface area (Å²) in [5, 5.41) is 0.842. The van der Waals surface area contributed by atoms with Gasteiger partial charge in [-0.15, -0.1) is 0 Å². The number of carbonyl (C=O) groups is 1. The normalized spacial score (nSPS) is 13.8. The van der Waals surface area contributed by atoms with Gasteiger partial charge in [-0.3, -0.25) is 4.79 Å². The summed E-state index contributed by atoms with van der Waals surface area (Å²) in [4.78, 5) is 11.1. The number of amides is 1. The maximum Gasteiger partial charge on any atom is 0.460 e. The fourth-order valence-electron chi connectivity index (χ4n) is 1.31. The van der Waals surface area contributed by atoms with Crippen LogP contribution in [-0.2, 0) is 4.79 Å². The third kappa shape index (κ3) is 3.30. The van der Waals surface area contributed by atoms with Crippen molar-refractivity contribution in [2.45, 2.75) is 23.9 Å². The summed E-state index contributed by atoms with van der Waals surface area (Å²) in [5.41, 5.74) is -1.13. The molecular weight excluding hydrogens is 432 g/mol. The van der Waals surface area contributed by atoms with Gasteiger partial charge in [-0.25, -0.2) is 4.39 Å². The molecule has 0 fully saturated rings. The second-order valence-corrected chi connectivity index (χ2v) is 5.21. The van der Waals surface area contributed by atoms with Crippen LogP contribution in [0.15, 0.2) is 22.7 Å². The third-order valence-electron chi connectivity index (χ3n) is 2.61. The Labute approximate surface area is 134 Å². The predicted octanol–water partition coefficient (Wildman–Crippen LogP) is 4.99. The third-order valence-corrected chi connectivity index (χ3v) is 3.10. The Kier molecular flexibility index (Phi) is 5.20. The number of benzene rings is 1. The minimum atomic E-state index is -7.21. The van der Waals surface area contributed by atoms with E-state index in [2.05, 4.69) is 15.9 Å². The number of hydrogen-bond donors (Lipinski definition) is 1. The maximum atomic E-state index is 13.3. The van der Waals surface area contributed by atoms with Gasteiger partial charge in [-0.05, 0) is 18.2 Å². The number of carbonyl (C=O) groups excluding carboxylic acids is 1. The van der Waals surface area contributed by atoms with E-state index in [-0.39, 0.29) is 4.47 Å². The Morgan fingerprint density at radius 2 is 1.42 bits per heavy atom. The molecule has 1 aromatic carbocycles. The Bertz CT molecular complexity index is 642. The highest BCUT2D eigenvalue weighted by Crippen LogP contribution is 2.53. The maximum absolute atomic E-state index is 13.3. The van der Waals surface area contributed by atoms with Gasteiger partial charge in [0.2, 0.25) is 0 Å². The van der Waals surface area contributed by atoms with Gasteiger partial charge in [0.25, 0.3) is 0 Å². The van der Waals surface area contributed by atoms with Crippen molar-refractivity contribution in [3.63, 3.8) is 0 Å². The smallest absolute Gasteiger partial charge is 0.318 e. The highest BCUT2D eigenvalue weighted by molar-refractivity contribution is 9.10. The molecule has 0 aliphatic carbocycles. The molecule has 1 N–H and O–H groups in total. The van der Waals surface area contributed by atoms with Crippen molar-refractivity contribution >= 4 is 27.5 Å². The molecule has 0 saturated carbocycles. The van der Waals surface area contributed by atoms with Crippen molar-refractivity contribution in [2.75, 3.05) is 5.32 Å². The van der Waals surface area contributed by atoms with Crippen molar-refractivity contribution in [1.29, 1.82) is 0 Å². The summed E-state index contributed by atoms with van der Waals surface area (Å²) >= 11 is 2.74. The number of alkyl halides is 9. The first kappa shape index (κ1) is 20.5. The lowest BCUT2D eigenvalue weighted by atomic mass is 10.0. The number of rotatable bonds is 4. The molecular formula is C11H4BrF10NO. The summed E-state index contributed by atoms with van der Waals surface area (Å²) in [5.74, 6) is -25.5. The number of hydrogen-bond acceptors (Lipinski definition) is 1. The van der Waals surface area contributed by atoms with Crippen LogP contribution in [0.25, 0.3) is 0 Å². The molecule has 0 aromatic heterocycles. The molecule has 0 radical (unpaired) electrons. The molecule has 0 heterocycles. The van der Waals surface area contributed by atoms with Gasteiger partial charge in [-0.1, -0.05) is 15.9 Å². The molecule has 2 nitrogen and oxygen atoms in total. The molecule has 0 spiro atoms. The molecule has 0 saturated heterocycles. The molecule has 136 valence electrons. The highest BCUT2D eigenvalue weighted by Gasteiger charge is 2.83. The topological polar surface area (TPSA) is 29.1 Å². The Balaban J connectivity index is 3.20. The van der Waals surface area contributed by atoms with E-state index in [1.807, 2.05) is 0 Å². The largest absolute Gasteiger partial charge is 0.460 e. The number of nitrogens with one attached hydrogen (secondary N) is 1. The molecule has 24 heavy (non-hydrogen) atoms. The van der Waals surface area contributed by atoms with Gasteiger partial charge in [0.05, 0.1) is 5.69 Å². The zero-order valence-electron chi connectivity index (χ0n) is 10.8. The zero-order chi connectivity index (χ0) is 19.1. The molecule has 1 rings (SSSR count). The predicted molar refractivity (Wildman–Crippen MR) is 63.6 cm³/mol. The minimum Gasteiger partial charge on any atom is -0.318 e. The van der Waals surface area contributed by atoms with Crippen molar-refractivity contribution in [3.05, 3.63) is 28.5 Å². The molecule has 13 heteroatoms. The van der Waals surface area contributed by atoms with E-state index in [9.17, 15) is 48.7 Å². The van der Waals surface area contributed by atoms with Crippen LogP contribution in [0.2, 0.25) is 0 Å². The van der Waals surface area contributed by atoms with Crippen molar-refractivity contribution in [2.24, 2.45) is 0 Å². The van der Waals surface area contributed by atoms with Crippen LogP contribution in [0.3, 0.4) is 0 Å². The van der Waals surface area contributed by atoms with E-state index in [0.29, 0.717) is 12.1 Å². The first-order valence-electron chi connectivity index (χ1n) is 5.52. The summed E-state index contributed by atoms with van der Waals surface area (Å²) in [6.07, 6.45) is -7.05. The lowest BCUT2D eigenvalue weighted by Gasteiger charge is -2.32. The zero-order valence-corrected chi connectivity index (χ0v) is 12.4. The summed E-state index contributed by atoms with van der Waals surface area (Å²) in [6, 6.07) is 2.14. The van der Waals surface area contributed by atoms with Gasteiger partial charge >= 0.3 is 29.9 Å². The van der Waals surface area contributed by atoms with Crippen molar-refractivity contribution in [1.82, 2.24) is 0 Å².